The van der Waals surface area contributed by atoms with Gasteiger partial charge in [-0.1, -0.05) is 78.8 Å². The Bertz CT molecular complexity index is 1580. The fourth-order valence-electron chi connectivity index (χ4n) is 4.53. The smallest absolute Gasteiger partial charge is 0.344 e. The molecule has 1 aromatic heterocycles. The summed E-state index contributed by atoms with van der Waals surface area (Å²) in [6.45, 7) is 4.77. The first-order valence-electron chi connectivity index (χ1n) is 12.5. The van der Waals surface area contributed by atoms with Crippen LogP contribution in [-0.2, 0) is 22.5 Å². The van der Waals surface area contributed by atoms with Gasteiger partial charge in [-0.05, 0) is 54.8 Å². The summed E-state index contributed by atoms with van der Waals surface area (Å²) in [5.41, 5.74) is 5.24. The van der Waals surface area contributed by atoms with E-state index in [0.29, 0.717) is 27.2 Å². The van der Waals surface area contributed by atoms with Crippen LogP contribution in [0.4, 0.5) is 5.69 Å². The number of aliphatic imine (C=N–C) groups is 1. The van der Waals surface area contributed by atoms with Crippen LogP contribution in [-0.4, -0.2) is 27.3 Å². The molecule has 0 spiro atoms. The quantitative estimate of drug-likeness (QED) is 0.240. The standard InChI is InChI=1S/C31H27ClN2O3S/c1-3-21-9-8-12-25-22(19-34(28(21)25)18-20-13-15-23(32)16-14-20)17-26-29(35)27(31(36)37-4-2)30(38-26)33-24-10-6-5-7-11-24/h5-17,19,35H,3-4,18H2,1-2H3/b26-17-,33-30?. The number of aromatic nitrogens is 1. The monoisotopic (exact) mass is 542 g/mol. The highest BCUT2D eigenvalue weighted by Gasteiger charge is 2.33. The van der Waals surface area contributed by atoms with Crippen LogP contribution < -0.4 is 0 Å². The minimum atomic E-state index is -0.589. The Balaban J connectivity index is 1.61. The molecule has 0 bridgehead atoms. The Labute approximate surface area is 231 Å². The molecule has 3 aromatic carbocycles. The highest BCUT2D eigenvalue weighted by atomic mass is 35.5. The van der Waals surface area contributed by atoms with Gasteiger partial charge in [-0.3, -0.25) is 0 Å². The average Bonchev–Trinajstić information content (AvgIpc) is 3.42. The highest BCUT2D eigenvalue weighted by Crippen LogP contribution is 2.41. The minimum absolute atomic E-state index is 0.0890. The number of benzene rings is 3. The van der Waals surface area contributed by atoms with Crippen LogP contribution in [0, 0.1) is 0 Å². The van der Waals surface area contributed by atoms with E-state index in [-0.39, 0.29) is 17.9 Å². The topological polar surface area (TPSA) is 63.8 Å². The molecule has 1 aliphatic heterocycles. The van der Waals surface area contributed by atoms with Gasteiger partial charge in [0.25, 0.3) is 0 Å². The van der Waals surface area contributed by atoms with Gasteiger partial charge >= 0.3 is 5.97 Å². The summed E-state index contributed by atoms with van der Waals surface area (Å²) in [6, 6.07) is 23.5. The lowest BCUT2D eigenvalue weighted by molar-refractivity contribution is -0.138. The van der Waals surface area contributed by atoms with E-state index in [9.17, 15) is 9.90 Å². The van der Waals surface area contributed by atoms with Crippen LogP contribution in [0.2, 0.25) is 5.02 Å². The first kappa shape index (κ1) is 25.9. The number of halogens is 1. The molecule has 1 N–H and O–H groups in total. The van der Waals surface area contributed by atoms with Gasteiger partial charge in [-0.25, -0.2) is 9.79 Å². The number of para-hydroxylation sites is 2. The van der Waals surface area contributed by atoms with E-state index in [2.05, 4.69) is 40.9 Å². The Morgan fingerprint density at radius 1 is 1.05 bits per heavy atom. The molecule has 192 valence electrons. The van der Waals surface area contributed by atoms with Crippen molar-refractivity contribution in [1.29, 1.82) is 0 Å². The van der Waals surface area contributed by atoms with Gasteiger partial charge < -0.3 is 14.4 Å². The lowest BCUT2D eigenvalue weighted by atomic mass is 10.1. The van der Waals surface area contributed by atoms with Crippen LogP contribution >= 0.6 is 23.4 Å². The maximum Gasteiger partial charge on any atom is 0.344 e. The normalized spacial score (nSPS) is 15.7. The van der Waals surface area contributed by atoms with Gasteiger partial charge in [-0.2, -0.15) is 0 Å². The number of esters is 1. The van der Waals surface area contributed by atoms with E-state index in [1.54, 1.807) is 6.92 Å². The Hall–Kier alpha value is -3.74. The van der Waals surface area contributed by atoms with Crippen molar-refractivity contribution >= 4 is 57.0 Å². The fraction of sp³-hybridized carbons (Fsp3) is 0.161. The molecular formula is C31H27ClN2O3S. The molecule has 0 fully saturated rings. The van der Waals surface area contributed by atoms with Gasteiger partial charge in [0.1, 0.15) is 16.4 Å². The summed E-state index contributed by atoms with van der Waals surface area (Å²) >= 11 is 7.37. The number of aliphatic hydroxyl groups excluding tert-OH is 1. The Morgan fingerprint density at radius 2 is 1.82 bits per heavy atom. The van der Waals surface area contributed by atoms with Crippen LogP contribution in [0.1, 0.15) is 30.5 Å². The van der Waals surface area contributed by atoms with Crippen molar-refractivity contribution in [2.24, 2.45) is 4.99 Å². The molecular weight excluding hydrogens is 516 g/mol. The molecule has 1 aliphatic rings. The second kappa shape index (κ2) is 11.3. The van der Waals surface area contributed by atoms with E-state index in [1.807, 2.05) is 60.7 Å². The van der Waals surface area contributed by atoms with Gasteiger partial charge in [0.15, 0.2) is 0 Å². The number of hydrogen-bond donors (Lipinski definition) is 1. The maximum atomic E-state index is 12.8. The zero-order chi connectivity index (χ0) is 26.6. The number of hydrogen-bond acceptors (Lipinski definition) is 5. The molecule has 0 atom stereocenters. The first-order chi connectivity index (χ1) is 18.5. The molecule has 5 nitrogen and oxygen atoms in total. The number of fused-ring (bicyclic) bond motifs is 1. The number of rotatable bonds is 7. The Morgan fingerprint density at radius 3 is 2.53 bits per heavy atom. The molecule has 2 heterocycles. The van der Waals surface area contributed by atoms with Crippen LogP contribution in [0.15, 0.2) is 100 Å². The summed E-state index contributed by atoms with van der Waals surface area (Å²) in [5, 5.41) is 13.4. The van der Waals surface area contributed by atoms with Gasteiger partial charge in [0.05, 0.1) is 22.7 Å². The Kier molecular flexibility index (Phi) is 7.72. The summed E-state index contributed by atoms with van der Waals surface area (Å²) in [6.07, 6.45) is 4.90. The number of aryl methyl sites for hydroxylation is 1. The van der Waals surface area contributed by atoms with Crippen molar-refractivity contribution in [2.75, 3.05) is 6.61 Å². The lowest BCUT2D eigenvalue weighted by Gasteiger charge is -2.09. The van der Waals surface area contributed by atoms with Crippen LogP contribution in [0.25, 0.3) is 17.0 Å². The number of carbonyl (C=O) groups is 1. The lowest BCUT2D eigenvalue weighted by Crippen LogP contribution is -2.12. The molecule has 38 heavy (non-hydrogen) atoms. The van der Waals surface area contributed by atoms with Gasteiger partial charge in [-0.15, -0.1) is 0 Å². The molecule has 0 saturated heterocycles. The minimum Gasteiger partial charge on any atom is -0.506 e. The van der Waals surface area contributed by atoms with Gasteiger partial charge in [0.2, 0.25) is 0 Å². The second-order valence-electron chi connectivity index (χ2n) is 8.81. The maximum absolute atomic E-state index is 12.8. The SMILES string of the molecule is CCOC(=O)C1=C(O)/C(=C/c2cn(Cc3ccc(Cl)cc3)c3c(CC)cccc23)SC1=Nc1ccccc1. The van der Waals surface area contributed by atoms with Crippen molar-refractivity contribution in [3.63, 3.8) is 0 Å². The largest absolute Gasteiger partial charge is 0.506 e. The van der Waals surface area contributed by atoms with E-state index in [0.717, 1.165) is 28.5 Å². The third-order valence-corrected chi connectivity index (χ3v) is 7.58. The third kappa shape index (κ3) is 5.28. The van der Waals surface area contributed by atoms with Crippen molar-refractivity contribution < 1.29 is 14.6 Å². The van der Waals surface area contributed by atoms with Gasteiger partial charge in [0, 0.05) is 28.7 Å². The van der Waals surface area contributed by atoms with E-state index < -0.39 is 5.97 Å². The molecule has 0 aliphatic carbocycles. The van der Waals surface area contributed by atoms with Crippen molar-refractivity contribution in [3.8, 4) is 0 Å². The molecule has 7 heteroatoms. The number of aliphatic hydroxyl groups is 1. The second-order valence-corrected chi connectivity index (χ2v) is 10.3. The molecule has 0 unspecified atom stereocenters. The van der Waals surface area contributed by atoms with Crippen molar-refractivity contribution in [2.45, 2.75) is 26.8 Å². The summed E-state index contributed by atoms with van der Waals surface area (Å²) in [4.78, 5) is 18.0. The zero-order valence-corrected chi connectivity index (χ0v) is 22.7. The zero-order valence-electron chi connectivity index (χ0n) is 21.1. The molecule has 4 aromatic rings. The predicted molar refractivity (Wildman–Crippen MR) is 157 cm³/mol. The summed E-state index contributed by atoms with van der Waals surface area (Å²) in [7, 11) is 0. The fourth-order valence-corrected chi connectivity index (χ4v) is 5.68. The first-order valence-corrected chi connectivity index (χ1v) is 13.7. The average molecular weight is 543 g/mol. The summed E-state index contributed by atoms with van der Waals surface area (Å²) in [5.74, 6) is -0.706. The molecule has 0 amide bonds. The predicted octanol–water partition coefficient (Wildman–Crippen LogP) is 8.10. The number of nitrogens with zero attached hydrogens (tertiary/aromatic N) is 2. The number of carbonyl (C=O) groups excluding carboxylic acids is 1. The van der Waals surface area contributed by atoms with E-state index in [4.69, 9.17) is 16.3 Å². The molecule has 0 saturated carbocycles. The van der Waals surface area contributed by atoms with Crippen LogP contribution in [0.3, 0.4) is 0 Å². The van der Waals surface area contributed by atoms with Crippen LogP contribution in [0.5, 0.6) is 0 Å². The van der Waals surface area contributed by atoms with E-state index in [1.165, 1.54) is 17.3 Å². The molecule has 5 rings (SSSR count). The summed E-state index contributed by atoms with van der Waals surface area (Å²) < 4.78 is 7.48. The molecule has 0 radical (unpaired) electrons. The number of ether oxygens (including phenoxy) is 1. The third-order valence-electron chi connectivity index (χ3n) is 6.30. The number of thioether (sulfide) groups is 1. The van der Waals surface area contributed by atoms with Crippen molar-refractivity contribution in [3.05, 3.63) is 117 Å². The van der Waals surface area contributed by atoms with E-state index >= 15 is 0 Å². The van der Waals surface area contributed by atoms with Crippen molar-refractivity contribution in [1.82, 2.24) is 4.57 Å². The highest BCUT2D eigenvalue weighted by molar-refractivity contribution is 8.18.